The lowest BCUT2D eigenvalue weighted by molar-refractivity contribution is -0.274. The van der Waals surface area contributed by atoms with Crippen molar-refractivity contribution in [3.8, 4) is 16.9 Å². The maximum atomic E-state index is 14.3. The van der Waals surface area contributed by atoms with Crippen LogP contribution in [0.15, 0.2) is 54.6 Å². The fourth-order valence-electron chi connectivity index (χ4n) is 3.40. The van der Waals surface area contributed by atoms with Gasteiger partial charge in [-0.3, -0.25) is 14.6 Å². The van der Waals surface area contributed by atoms with Crippen molar-refractivity contribution in [2.75, 3.05) is 18.9 Å². The number of anilines is 1. The van der Waals surface area contributed by atoms with Crippen LogP contribution < -0.4 is 26.9 Å². The number of pyridine rings is 1. The number of likely N-dealkylation sites (N-methyl/N-ethyl adjacent to an activating group) is 1. The summed E-state index contributed by atoms with van der Waals surface area (Å²) in [7, 11) is 1.40. The summed E-state index contributed by atoms with van der Waals surface area (Å²) in [5, 5.41) is 14.5. The van der Waals surface area contributed by atoms with Gasteiger partial charge in [0, 0.05) is 37.6 Å². The zero-order chi connectivity index (χ0) is 29.3. The van der Waals surface area contributed by atoms with Crippen LogP contribution in [0.4, 0.5) is 22.7 Å². The molecule has 0 radical (unpaired) electrons. The topological polar surface area (TPSA) is 161 Å². The second-order valence-corrected chi connectivity index (χ2v) is 9.44. The van der Waals surface area contributed by atoms with Gasteiger partial charge in [0.1, 0.15) is 22.6 Å². The molecule has 0 aliphatic carbocycles. The molecule has 0 aliphatic heterocycles. The molecule has 1 unspecified atom stereocenters. The van der Waals surface area contributed by atoms with Gasteiger partial charge in [-0.15, -0.1) is 23.4 Å². The zero-order valence-electron chi connectivity index (χ0n) is 21.1. The zero-order valence-corrected chi connectivity index (χ0v) is 21.9. The van der Waals surface area contributed by atoms with Gasteiger partial charge in [-0.2, -0.15) is 0 Å². The number of hydrazine groups is 1. The van der Waals surface area contributed by atoms with Crippen molar-refractivity contribution in [1.82, 2.24) is 25.5 Å². The van der Waals surface area contributed by atoms with Gasteiger partial charge in [-0.25, -0.2) is 10.2 Å². The van der Waals surface area contributed by atoms with Crippen LogP contribution in [0.3, 0.4) is 0 Å². The fraction of sp³-hybridized carbons (Fsp3) is 0.292. The van der Waals surface area contributed by atoms with Gasteiger partial charge in [0.25, 0.3) is 5.91 Å². The molecule has 214 valence electrons. The molecule has 1 aromatic carbocycles. The largest absolute Gasteiger partial charge is 0.573 e. The summed E-state index contributed by atoms with van der Waals surface area (Å²) in [4.78, 5) is 28.0. The number of amides is 2. The number of alkyl halides is 4. The van der Waals surface area contributed by atoms with Crippen LogP contribution in [0.5, 0.6) is 5.75 Å². The average molecular weight is 583 g/mol. The normalized spacial score (nSPS) is 12.5. The summed E-state index contributed by atoms with van der Waals surface area (Å²) in [5.41, 5.74) is 6.82. The van der Waals surface area contributed by atoms with E-state index >= 15 is 0 Å². The Kier molecular flexibility index (Phi) is 10.3. The van der Waals surface area contributed by atoms with E-state index in [1.165, 1.54) is 37.6 Å². The van der Waals surface area contributed by atoms with Crippen molar-refractivity contribution >= 4 is 28.3 Å². The second kappa shape index (κ2) is 13.7. The first-order valence-electron chi connectivity index (χ1n) is 11.7. The molecule has 0 spiro atoms. The number of nitrogens with one attached hydrogen (secondary N) is 2. The fourth-order valence-corrected chi connectivity index (χ4v) is 4.17. The Morgan fingerprint density at radius 2 is 1.98 bits per heavy atom. The first kappa shape index (κ1) is 30.2. The third kappa shape index (κ3) is 9.77. The van der Waals surface area contributed by atoms with Gasteiger partial charge >= 0.3 is 6.36 Å². The van der Waals surface area contributed by atoms with E-state index in [1.807, 2.05) is 0 Å². The number of ether oxygens (including phenoxy) is 1. The molecular weight excluding hydrogens is 556 g/mol. The summed E-state index contributed by atoms with van der Waals surface area (Å²) in [6.45, 7) is -0.202. The van der Waals surface area contributed by atoms with Gasteiger partial charge in [0.2, 0.25) is 11.0 Å². The molecule has 0 fully saturated rings. The van der Waals surface area contributed by atoms with Crippen molar-refractivity contribution in [3.63, 3.8) is 0 Å². The number of nitrogens with zero attached hydrogens (tertiary/aromatic N) is 4. The van der Waals surface area contributed by atoms with Gasteiger partial charge < -0.3 is 26.1 Å². The van der Waals surface area contributed by atoms with Crippen LogP contribution in [0.1, 0.15) is 17.0 Å². The highest BCUT2D eigenvalue weighted by Crippen LogP contribution is 2.28. The number of nitrogens with two attached hydrogens (primary N) is 2. The van der Waals surface area contributed by atoms with Crippen molar-refractivity contribution < 1.29 is 31.9 Å². The van der Waals surface area contributed by atoms with E-state index < -0.39 is 24.3 Å². The van der Waals surface area contributed by atoms with E-state index in [4.69, 9.17) is 11.6 Å². The Labute approximate surface area is 230 Å². The molecule has 1 atom stereocenters. The predicted octanol–water partition coefficient (Wildman–Crippen LogP) is 2.67. The molecule has 2 amide bonds. The Balaban J connectivity index is 1.51. The quantitative estimate of drug-likeness (QED) is 0.109. The summed E-state index contributed by atoms with van der Waals surface area (Å²) in [5.74, 6) is 4.33. The van der Waals surface area contributed by atoms with Crippen LogP contribution >= 0.6 is 11.3 Å². The summed E-state index contributed by atoms with van der Waals surface area (Å²) in [6, 6.07) is 7.05. The molecule has 40 heavy (non-hydrogen) atoms. The standard InChI is InChI=1S/C24H26F4N8O3S/c1-31-22(38)19(29)13-36(30)12-17(25)5-6-21-34-35-23(40-21)33-20(37)8-14-7-16(11-32-10-14)15-3-2-4-18(9-15)39-24(26,27)28/h2-4,7,9-11,13,17H,5-6,8,12,29-30H2,1H3,(H,31,38)(H,33,35,37)/b19-13-. The van der Waals surface area contributed by atoms with E-state index in [0.717, 1.165) is 22.5 Å². The Morgan fingerprint density at radius 1 is 1.20 bits per heavy atom. The molecule has 16 heteroatoms. The van der Waals surface area contributed by atoms with Crippen LogP contribution in [0.25, 0.3) is 11.1 Å². The van der Waals surface area contributed by atoms with Gasteiger partial charge in [-0.05, 0) is 35.7 Å². The van der Waals surface area contributed by atoms with E-state index in [0.29, 0.717) is 21.7 Å². The number of carbonyl (C=O) groups excluding carboxylic acids is 2. The third-order valence-corrected chi connectivity index (χ3v) is 6.05. The lowest BCUT2D eigenvalue weighted by Gasteiger charge is -2.17. The van der Waals surface area contributed by atoms with E-state index in [2.05, 4.69) is 30.6 Å². The highest BCUT2D eigenvalue weighted by Gasteiger charge is 2.31. The maximum Gasteiger partial charge on any atom is 0.573 e. The van der Waals surface area contributed by atoms with Gasteiger partial charge in [-0.1, -0.05) is 23.5 Å². The Morgan fingerprint density at radius 3 is 2.70 bits per heavy atom. The molecule has 6 N–H and O–H groups in total. The lowest BCUT2D eigenvalue weighted by Crippen LogP contribution is -2.35. The lowest BCUT2D eigenvalue weighted by atomic mass is 10.0. The number of carbonyl (C=O) groups is 2. The SMILES string of the molecule is CNC(=O)/C(N)=C/N(N)CC(F)CCc1nnc(NC(=O)Cc2cncc(-c3cccc(OC(F)(F)F)c3)c2)s1. The molecule has 2 aromatic heterocycles. The predicted molar refractivity (Wildman–Crippen MR) is 139 cm³/mol. The van der Waals surface area contributed by atoms with E-state index in [-0.39, 0.29) is 42.4 Å². The van der Waals surface area contributed by atoms with Crippen molar-refractivity contribution in [2.45, 2.75) is 31.8 Å². The number of aromatic nitrogens is 3. The highest BCUT2D eigenvalue weighted by molar-refractivity contribution is 7.15. The number of halogens is 4. The maximum absolute atomic E-state index is 14.3. The van der Waals surface area contributed by atoms with Crippen molar-refractivity contribution in [1.29, 1.82) is 0 Å². The highest BCUT2D eigenvalue weighted by atomic mass is 32.1. The molecule has 0 bridgehead atoms. The third-order valence-electron chi connectivity index (χ3n) is 5.15. The summed E-state index contributed by atoms with van der Waals surface area (Å²) in [6.07, 6.45) is -1.89. The minimum Gasteiger partial charge on any atom is -0.406 e. The number of rotatable bonds is 12. The van der Waals surface area contributed by atoms with E-state index in [9.17, 15) is 27.2 Å². The van der Waals surface area contributed by atoms with Gasteiger partial charge in [0.05, 0.1) is 13.0 Å². The number of hydrogen-bond acceptors (Lipinski definition) is 10. The van der Waals surface area contributed by atoms with E-state index in [1.54, 1.807) is 12.1 Å². The summed E-state index contributed by atoms with van der Waals surface area (Å²) >= 11 is 1.08. The second-order valence-electron chi connectivity index (χ2n) is 8.38. The minimum atomic E-state index is -4.82. The van der Waals surface area contributed by atoms with Crippen LogP contribution in [0, 0.1) is 0 Å². The van der Waals surface area contributed by atoms with Crippen molar-refractivity contribution in [2.24, 2.45) is 11.6 Å². The Hall–Kier alpha value is -4.31. The number of aryl methyl sites for hydroxylation is 1. The molecular formula is C24H26F4N8O3S. The van der Waals surface area contributed by atoms with Crippen LogP contribution in [0.2, 0.25) is 0 Å². The van der Waals surface area contributed by atoms with Gasteiger partial charge in [0.15, 0.2) is 0 Å². The van der Waals surface area contributed by atoms with Crippen LogP contribution in [-0.2, 0) is 22.4 Å². The number of hydrogen-bond donors (Lipinski definition) is 4. The Bertz CT molecular complexity index is 1350. The summed E-state index contributed by atoms with van der Waals surface area (Å²) < 4.78 is 55.9. The van der Waals surface area contributed by atoms with Crippen molar-refractivity contribution in [3.05, 3.63) is 65.2 Å². The molecule has 0 saturated carbocycles. The molecule has 3 rings (SSSR count). The first-order chi connectivity index (χ1) is 18.9. The monoisotopic (exact) mass is 582 g/mol. The minimum absolute atomic E-state index is 0.0671. The number of benzene rings is 1. The molecule has 3 aromatic rings. The molecule has 0 aliphatic rings. The molecule has 0 saturated heterocycles. The van der Waals surface area contributed by atoms with Crippen LogP contribution in [-0.4, -0.2) is 58.1 Å². The molecule has 11 nitrogen and oxygen atoms in total. The first-order valence-corrected chi connectivity index (χ1v) is 12.5. The molecule has 2 heterocycles. The smallest absolute Gasteiger partial charge is 0.406 e. The average Bonchev–Trinajstić information content (AvgIpc) is 3.33.